The molecule has 2 aromatic heterocycles. The summed E-state index contributed by atoms with van der Waals surface area (Å²) in [5, 5.41) is 25.8. The second kappa shape index (κ2) is 5.73. The molecule has 0 radical (unpaired) electrons. The molecule has 0 aromatic carbocycles. The Morgan fingerprint density at radius 3 is 2.90 bits per heavy atom. The highest BCUT2D eigenvalue weighted by atomic mass is 16.6. The van der Waals surface area contributed by atoms with Gasteiger partial charge in [-0.05, 0) is 6.07 Å². The molecule has 0 fully saturated rings. The average Bonchev–Trinajstić information content (AvgIpc) is 2.91. The van der Waals surface area contributed by atoms with Gasteiger partial charge in [-0.25, -0.2) is 9.78 Å². The maximum Gasteiger partial charge on any atom is 0.354 e. The van der Waals surface area contributed by atoms with Crippen LogP contribution in [0.3, 0.4) is 0 Å². The summed E-state index contributed by atoms with van der Waals surface area (Å²) in [5.74, 6) is -1.02. The molecule has 0 aliphatic rings. The van der Waals surface area contributed by atoms with Crippen molar-refractivity contribution in [3.63, 3.8) is 0 Å². The summed E-state index contributed by atoms with van der Waals surface area (Å²) < 4.78 is 4.76. The molecule has 0 atom stereocenters. The molecule has 0 aliphatic carbocycles. The van der Waals surface area contributed by atoms with E-state index >= 15 is 0 Å². The Hall–Kier alpha value is -3.04. The van der Waals surface area contributed by atoms with Crippen LogP contribution in [-0.2, 0) is 6.42 Å². The Labute approximate surface area is 111 Å². The number of nitro groups is 1. The predicted molar refractivity (Wildman–Crippen MR) is 64.3 cm³/mol. The molecule has 0 aliphatic heterocycles. The van der Waals surface area contributed by atoms with Gasteiger partial charge in [0, 0.05) is 19.0 Å². The van der Waals surface area contributed by atoms with Crippen LogP contribution in [0, 0.1) is 10.1 Å². The SMILES string of the molecule is O=C(O)c1ccc([N+](=O)[O-])c(NCCc2ncno2)n1. The number of hydrogen-bond acceptors (Lipinski definition) is 8. The third-order valence-corrected chi connectivity index (χ3v) is 2.33. The van der Waals surface area contributed by atoms with Crippen LogP contribution in [-0.4, -0.2) is 37.7 Å². The lowest BCUT2D eigenvalue weighted by Gasteiger charge is -2.05. The summed E-state index contributed by atoms with van der Waals surface area (Å²) >= 11 is 0. The van der Waals surface area contributed by atoms with E-state index in [1.807, 2.05) is 0 Å². The maximum absolute atomic E-state index is 10.8. The van der Waals surface area contributed by atoms with Crippen molar-refractivity contribution in [2.24, 2.45) is 0 Å². The fourth-order valence-electron chi connectivity index (χ4n) is 1.44. The van der Waals surface area contributed by atoms with Crippen molar-refractivity contribution >= 4 is 17.5 Å². The minimum atomic E-state index is -1.26. The van der Waals surface area contributed by atoms with Gasteiger partial charge in [0.25, 0.3) is 0 Å². The Kier molecular flexibility index (Phi) is 3.84. The molecule has 0 spiro atoms. The van der Waals surface area contributed by atoms with Gasteiger partial charge < -0.3 is 14.9 Å². The average molecular weight is 279 g/mol. The summed E-state index contributed by atoms with van der Waals surface area (Å²) in [6, 6.07) is 2.16. The highest BCUT2D eigenvalue weighted by Crippen LogP contribution is 2.22. The zero-order chi connectivity index (χ0) is 14.5. The van der Waals surface area contributed by atoms with Crippen molar-refractivity contribution in [1.82, 2.24) is 15.1 Å². The molecule has 10 nitrogen and oxygen atoms in total. The Bertz CT molecular complexity index is 627. The summed E-state index contributed by atoms with van der Waals surface area (Å²) in [4.78, 5) is 28.5. The quantitative estimate of drug-likeness (QED) is 0.577. The van der Waals surface area contributed by atoms with E-state index in [1.54, 1.807) is 0 Å². The van der Waals surface area contributed by atoms with Gasteiger partial charge in [0.1, 0.15) is 0 Å². The summed E-state index contributed by atoms with van der Waals surface area (Å²) in [5.41, 5.74) is -0.587. The molecule has 0 bridgehead atoms. The normalized spacial score (nSPS) is 10.2. The number of anilines is 1. The van der Waals surface area contributed by atoms with E-state index in [2.05, 4.69) is 20.4 Å². The summed E-state index contributed by atoms with van der Waals surface area (Å²) in [6.45, 7) is 0.235. The van der Waals surface area contributed by atoms with Gasteiger partial charge in [-0.1, -0.05) is 5.16 Å². The number of pyridine rings is 1. The number of carboxylic acid groups (broad SMARTS) is 1. The number of aromatic carboxylic acids is 1. The van der Waals surface area contributed by atoms with Gasteiger partial charge in [-0.3, -0.25) is 10.1 Å². The largest absolute Gasteiger partial charge is 0.477 e. The monoisotopic (exact) mass is 279 g/mol. The molecule has 10 heteroatoms. The first-order valence-electron chi connectivity index (χ1n) is 5.46. The van der Waals surface area contributed by atoms with Crippen molar-refractivity contribution in [3.8, 4) is 0 Å². The predicted octanol–water partition coefficient (Wildman–Crippen LogP) is 0.726. The Morgan fingerprint density at radius 2 is 2.30 bits per heavy atom. The van der Waals surface area contributed by atoms with Crippen molar-refractivity contribution in [1.29, 1.82) is 0 Å². The first-order chi connectivity index (χ1) is 9.58. The smallest absolute Gasteiger partial charge is 0.354 e. The zero-order valence-corrected chi connectivity index (χ0v) is 10.0. The third-order valence-electron chi connectivity index (χ3n) is 2.33. The number of nitrogens with zero attached hydrogens (tertiary/aromatic N) is 4. The molecular formula is C10H9N5O5. The first-order valence-corrected chi connectivity index (χ1v) is 5.46. The third kappa shape index (κ3) is 3.04. The second-order valence-electron chi connectivity index (χ2n) is 3.64. The molecule has 2 N–H and O–H groups in total. The number of nitrogens with one attached hydrogen (secondary N) is 1. The second-order valence-corrected chi connectivity index (χ2v) is 3.64. The standard InChI is InChI=1S/C10H9N5O5/c16-10(17)6-1-2-7(15(18)19)9(14-6)11-4-3-8-12-5-13-20-8/h1-2,5H,3-4H2,(H,11,14)(H,16,17). The molecule has 2 rings (SSSR count). The molecule has 104 valence electrons. The van der Waals surface area contributed by atoms with E-state index in [-0.39, 0.29) is 23.7 Å². The minimum Gasteiger partial charge on any atom is -0.477 e. The van der Waals surface area contributed by atoms with Crippen LogP contribution < -0.4 is 5.32 Å². The van der Waals surface area contributed by atoms with Gasteiger partial charge in [0.15, 0.2) is 12.0 Å². The van der Waals surface area contributed by atoms with Crippen molar-refractivity contribution < 1.29 is 19.3 Å². The summed E-state index contributed by atoms with van der Waals surface area (Å²) in [6.07, 6.45) is 1.57. The van der Waals surface area contributed by atoms with E-state index in [4.69, 9.17) is 9.63 Å². The van der Waals surface area contributed by atoms with Crippen LogP contribution in [0.15, 0.2) is 23.0 Å². The number of carbonyl (C=O) groups is 1. The van der Waals surface area contributed by atoms with Gasteiger partial charge in [0.05, 0.1) is 4.92 Å². The van der Waals surface area contributed by atoms with Crippen LogP contribution in [0.4, 0.5) is 11.5 Å². The minimum absolute atomic E-state index is 0.116. The summed E-state index contributed by atoms with van der Waals surface area (Å²) in [7, 11) is 0. The van der Waals surface area contributed by atoms with E-state index in [9.17, 15) is 14.9 Å². The molecule has 0 amide bonds. The molecule has 2 aromatic rings. The van der Waals surface area contributed by atoms with Gasteiger partial charge in [-0.2, -0.15) is 4.98 Å². The lowest BCUT2D eigenvalue weighted by molar-refractivity contribution is -0.384. The van der Waals surface area contributed by atoms with Crippen molar-refractivity contribution in [2.75, 3.05) is 11.9 Å². The van der Waals surface area contributed by atoms with E-state index in [0.29, 0.717) is 12.3 Å². The van der Waals surface area contributed by atoms with Crippen LogP contribution in [0.1, 0.15) is 16.4 Å². The molecule has 0 saturated carbocycles. The molecule has 0 unspecified atom stereocenters. The zero-order valence-electron chi connectivity index (χ0n) is 10.0. The van der Waals surface area contributed by atoms with E-state index in [0.717, 1.165) is 12.1 Å². The highest BCUT2D eigenvalue weighted by molar-refractivity contribution is 5.86. The van der Waals surface area contributed by atoms with Crippen LogP contribution >= 0.6 is 0 Å². The lowest BCUT2D eigenvalue weighted by Crippen LogP contribution is -2.11. The van der Waals surface area contributed by atoms with Gasteiger partial charge >= 0.3 is 11.7 Å². The topological polar surface area (TPSA) is 144 Å². The Balaban J connectivity index is 2.13. The van der Waals surface area contributed by atoms with Crippen molar-refractivity contribution in [3.05, 3.63) is 40.2 Å². The highest BCUT2D eigenvalue weighted by Gasteiger charge is 2.18. The number of hydrogen-bond donors (Lipinski definition) is 2. The lowest BCUT2D eigenvalue weighted by atomic mass is 10.3. The first kappa shape index (κ1) is 13.4. The fraction of sp³-hybridized carbons (Fsp3) is 0.200. The van der Waals surface area contributed by atoms with Gasteiger partial charge in [0.2, 0.25) is 11.7 Å². The van der Waals surface area contributed by atoms with E-state index in [1.165, 1.54) is 6.33 Å². The number of aromatic nitrogens is 3. The fourth-order valence-corrected chi connectivity index (χ4v) is 1.44. The van der Waals surface area contributed by atoms with Crippen LogP contribution in [0.25, 0.3) is 0 Å². The maximum atomic E-state index is 10.8. The van der Waals surface area contributed by atoms with Gasteiger partial charge in [-0.15, -0.1) is 0 Å². The molecule has 0 saturated heterocycles. The molecule has 2 heterocycles. The van der Waals surface area contributed by atoms with Crippen molar-refractivity contribution in [2.45, 2.75) is 6.42 Å². The number of rotatable bonds is 6. The molecular weight excluding hydrogens is 270 g/mol. The number of carboxylic acids is 1. The Morgan fingerprint density at radius 1 is 1.50 bits per heavy atom. The molecule has 20 heavy (non-hydrogen) atoms. The van der Waals surface area contributed by atoms with E-state index < -0.39 is 10.9 Å². The van der Waals surface area contributed by atoms with Crippen LogP contribution in [0.2, 0.25) is 0 Å². The van der Waals surface area contributed by atoms with Crippen LogP contribution in [0.5, 0.6) is 0 Å².